The van der Waals surface area contributed by atoms with Crippen molar-refractivity contribution in [3.8, 4) is 6.07 Å². The summed E-state index contributed by atoms with van der Waals surface area (Å²) < 4.78 is 0.689. The van der Waals surface area contributed by atoms with E-state index in [1.165, 1.54) is 6.20 Å². The van der Waals surface area contributed by atoms with Gasteiger partial charge in [0.05, 0.1) is 6.07 Å². The van der Waals surface area contributed by atoms with Gasteiger partial charge in [-0.3, -0.25) is 4.98 Å². The third-order valence-corrected chi connectivity index (χ3v) is 1.93. The molecule has 1 heterocycles. The summed E-state index contributed by atoms with van der Waals surface area (Å²) in [6.07, 6.45) is 0.316. The Bertz CT molecular complexity index is 337. The van der Waals surface area contributed by atoms with Gasteiger partial charge in [0.1, 0.15) is 6.10 Å². The molecule has 13 heavy (non-hydrogen) atoms. The standard InChI is InChI=1S/C8H7BrN2O2/c9-6-1-5(3-11-4-6)8(13)7(12)2-10/h1,3-4,7-8,12-13H. The normalized spacial score (nSPS) is 14.6. The number of halogens is 1. The predicted molar refractivity (Wildman–Crippen MR) is 48.5 cm³/mol. The van der Waals surface area contributed by atoms with E-state index in [4.69, 9.17) is 10.4 Å². The lowest BCUT2D eigenvalue weighted by Gasteiger charge is -2.11. The number of aliphatic hydroxyl groups excluding tert-OH is 2. The average Bonchev–Trinajstić information content (AvgIpc) is 2.15. The molecule has 0 aliphatic rings. The molecule has 1 rings (SSSR count). The van der Waals surface area contributed by atoms with Gasteiger partial charge in [-0.15, -0.1) is 0 Å². The maximum absolute atomic E-state index is 9.38. The molecule has 0 saturated heterocycles. The SMILES string of the molecule is N#CC(O)C(O)c1cncc(Br)c1. The van der Waals surface area contributed by atoms with E-state index in [2.05, 4.69) is 20.9 Å². The van der Waals surface area contributed by atoms with Crippen molar-refractivity contribution in [1.82, 2.24) is 4.98 Å². The molecule has 2 N–H and O–H groups in total. The fraction of sp³-hybridized carbons (Fsp3) is 0.250. The molecule has 0 aromatic carbocycles. The monoisotopic (exact) mass is 242 g/mol. The lowest BCUT2D eigenvalue weighted by molar-refractivity contribution is 0.0525. The smallest absolute Gasteiger partial charge is 0.170 e. The molecule has 0 bridgehead atoms. The summed E-state index contributed by atoms with van der Waals surface area (Å²) in [7, 11) is 0. The highest BCUT2D eigenvalue weighted by Gasteiger charge is 2.17. The van der Waals surface area contributed by atoms with Crippen molar-refractivity contribution in [2.45, 2.75) is 12.2 Å². The van der Waals surface area contributed by atoms with E-state index >= 15 is 0 Å². The van der Waals surface area contributed by atoms with Gasteiger partial charge in [-0.1, -0.05) is 0 Å². The molecule has 0 spiro atoms. The maximum Gasteiger partial charge on any atom is 0.170 e. The molecule has 68 valence electrons. The molecular weight excluding hydrogens is 236 g/mol. The van der Waals surface area contributed by atoms with E-state index in [9.17, 15) is 5.11 Å². The molecule has 0 aliphatic heterocycles. The van der Waals surface area contributed by atoms with Gasteiger partial charge in [0.2, 0.25) is 0 Å². The van der Waals surface area contributed by atoms with E-state index in [0.717, 1.165) is 0 Å². The van der Waals surface area contributed by atoms with Crippen LogP contribution < -0.4 is 0 Å². The van der Waals surface area contributed by atoms with Crippen LogP contribution in [0.2, 0.25) is 0 Å². The van der Waals surface area contributed by atoms with Gasteiger partial charge in [0.25, 0.3) is 0 Å². The Hall–Kier alpha value is -0.960. The molecule has 0 saturated carbocycles. The zero-order chi connectivity index (χ0) is 9.84. The zero-order valence-corrected chi connectivity index (χ0v) is 8.14. The first-order valence-corrected chi connectivity index (χ1v) is 4.30. The van der Waals surface area contributed by atoms with E-state index in [0.29, 0.717) is 10.0 Å². The van der Waals surface area contributed by atoms with Crippen molar-refractivity contribution in [2.24, 2.45) is 0 Å². The average molecular weight is 243 g/mol. The Morgan fingerprint density at radius 3 is 2.69 bits per heavy atom. The Kier molecular flexibility index (Phi) is 3.37. The van der Waals surface area contributed by atoms with E-state index < -0.39 is 12.2 Å². The number of hydrogen-bond acceptors (Lipinski definition) is 4. The molecule has 0 fully saturated rings. The van der Waals surface area contributed by atoms with Gasteiger partial charge in [0, 0.05) is 22.4 Å². The van der Waals surface area contributed by atoms with Crippen molar-refractivity contribution in [1.29, 1.82) is 5.26 Å². The van der Waals surface area contributed by atoms with Crippen LogP contribution in [0, 0.1) is 11.3 Å². The lowest BCUT2D eigenvalue weighted by atomic mass is 10.1. The van der Waals surface area contributed by atoms with Gasteiger partial charge < -0.3 is 10.2 Å². The van der Waals surface area contributed by atoms with Crippen LogP contribution in [0.5, 0.6) is 0 Å². The van der Waals surface area contributed by atoms with Crippen molar-refractivity contribution in [3.63, 3.8) is 0 Å². The molecule has 0 aliphatic carbocycles. The minimum absolute atomic E-state index is 0.406. The largest absolute Gasteiger partial charge is 0.384 e. The highest BCUT2D eigenvalue weighted by atomic mass is 79.9. The summed E-state index contributed by atoms with van der Waals surface area (Å²) in [6, 6.07) is 3.14. The zero-order valence-electron chi connectivity index (χ0n) is 6.55. The molecule has 0 amide bonds. The summed E-state index contributed by atoms with van der Waals surface area (Å²) >= 11 is 3.16. The van der Waals surface area contributed by atoms with Gasteiger partial charge >= 0.3 is 0 Å². The van der Waals surface area contributed by atoms with Crippen LogP contribution in [0.3, 0.4) is 0 Å². The van der Waals surface area contributed by atoms with Crippen molar-refractivity contribution in [2.75, 3.05) is 0 Å². The summed E-state index contributed by atoms with van der Waals surface area (Å²) in [5.41, 5.74) is 0.406. The predicted octanol–water partition coefficient (Wildman–Crippen LogP) is 0.762. The second-order valence-electron chi connectivity index (χ2n) is 2.46. The summed E-state index contributed by atoms with van der Waals surface area (Å²) in [6.45, 7) is 0. The van der Waals surface area contributed by atoms with Crippen LogP contribution in [0.25, 0.3) is 0 Å². The Morgan fingerprint density at radius 1 is 1.46 bits per heavy atom. The quantitative estimate of drug-likeness (QED) is 0.752. The molecule has 0 radical (unpaired) electrons. The summed E-state index contributed by atoms with van der Waals surface area (Å²) in [5.74, 6) is 0. The van der Waals surface area contributed by atoms with Gasteiger partial charge in [-0.05, 0) is 22.0 Å². The fourth-order valence-electron chi connectivity index (χ4n) is 0.843. The number of rotatable bonds is 2. The summed E-state index contributed by atoms with van der Waals surface area (Å²) in [5, 5.41) is 26.7. The second kappa shape index (κ2) is 4.33. The Morgan fingerprint density at radius 2 is 2.15 bits per heavy atom. The van der Waals surface area contributed by atoms with Crippen molar-refractivity contribution in [3.05, 3.63) is 28.5 Å². The molecular formula is C8H7BrN2O2. The lowest BCUT2D eigenvalue weighted by Crippen LogP contribution is -2.15. The molecule has 2 atom stereocenters. The van der Waals surface area contributed by atoms with Crippen LogP contribution >= 0.6 is 15.9 Å². The highest BCUT2D eigenvalue weighted by molar-refractivity contribution is 9.10. The van der Waals surface area contributed by atoms with E-state index in [-0.39, 0.29) is 0 Å². The topological polar surface area (TPSA) is 77.1 Å². The van der Waals surface area contributed by atoms with Crippen LogP contribution in [0.15, 0.2) is 22.9 Å². The summed E-state index contributed by atoms with van der Waals surface area (Å²) in [4.78, 5) is 3.79. The van der Waals surface area contributed by atoms with E-state index in [1.807, 2.05) is 0 Å². The van der Waals surface area contributed by atoms with Gasteiger partial charge in [-0.2, -0.15) is 5.26 Å². The van der Waals surface area contributed by atoms with E-state index in [1.54, 1.807) is 18.3 Å². The number of aromatic nitrogens is 1. The molecule has 5 heteroatoms. The number of nitrogens with zero attached hydrogens (tertiary/aromatic N) is 2. The Balaban J connectivity index is 2.90. The van der Waals surface area contributed by atoms with Crippen LogP contribution in [0.4, 0.5) is 0 Å². The minimum Gasteiger partial charge on any atom is -0.384 e. The molecule has 2 unspecified atom stereocenters. The minimum atomic E-state index is -1.42. The number of hydrogen-bond donors (Lipinski definition) is 2. The first-order chi connectivity index (χ1) is 6.15. The van der Waals surface area contributed by atoms with Gasteiger partial charge in [-0.25, -0.2) is 0 Å². The molecule has 1 aromatic rings. The van der Waals surface area contributed by atoms with Gasteiger partial charge in [0.15, 0.2) is 6.10 Å². The first-order valence-electron chi connectivity index (χ1n) is 3.51. The number of pyridine rings is 1. The third-order valence-electron chi connectivity index (χ3n) is 1.50. The van der Waals surface area contributed by atoms with Crippen LogP contribution in [0.1, 0.15) is 11.7 Å². The van der Waals surface area contributed by atoms with Crippen LogP contribution in [-0.4, -0.2) is 21.3 Å². The van der Waals surface area contributed by atoms with Crippen molar-refractivity contribution >= 4 is 15.9 Å². The first kappa shape index (κ1) is 10.1. The maximum atomic E-state index is 9.38. The van der Waals surface area contributed by atoms with Crippen LogP contribution in [-0.2, 0) is 0 Å². The molecule has 4 nitrogen and oxygen atoms in total. The number of nitriles is 1. The Labute approximate surface area is 83.6 Å². The second-order valence-corrected chi connectivity index (χ2v) is 3.37. The number of aliphatic hydroxyl groups is 2. The highest BCUT2D eigenvalue weighted by Crippen LogP contribution is 2.18. The fourth-order valence-corrected chi connectivity index (χ4v) is 1.23. The molecule has 1 aromatic heterocycles. The third kappa shape index (κ3) is 2.49. The van der Waals surface area contributed by atoms with Crippen molar-refractivity contribution < 1.29 is 10.2 Å².